The van der Waals surface area contributed by atoms with Gasteiger partial charge in [0.2, 0.25) is 0 Å². The predicted octanol–water partition coefficient (Wildman–Crippen LogP) is 2.51. The van der Waals surface area contributed by atoms with Crippen molar-refractivity contribution in [2.45, 2.75) is 32.4 Å². The van der Waals surface area contributed by atoms with Crippen molar-refractivity contribution in [2.24, 2.45) is 0 Å². The highest BCUT2D eigenvalue weighted by molar-refractivity contribution is 5.68. The summed E-state index contributed by atoms with van der Waals surface area (Å²) < 4.78 is 5.21. The first-order valence-corrected chi connectivity index (χ1v) is 5.61. The number of aromatic nitrogens is 1. The van der Waals surface area contributed by atoms with Gasteiger partial charge in [0.1, 0.15) is 5.60 Å². The highest BCUT2D eigenvalue weighted by Gasteiger charge is 2.26. The lowest BCUT2D eigenvalue weighted by atomic mass is 10.2. The molecule has 5 heteroatoms. The molecule has 0 N–H and O–H groups in total. The SMILES string of the molecule is CN(C(=O)OC(C)(C)C)C(C#N)c1ccccn1. The maximum atomic E-state index is 11.9. The van der Waals surface area contributed by atoms with E-state index >= 15 is 0 Å². The largest absolute Gasteiger partial charge is 0.444 e. The molecule has 1 unspecified atom stereocenters. The summed E-state index contributed by atoms with van der Waals surface area (Å²) >= 11 is 0. The van der Waals surface area contributed by atoms with E-state index in [9.17, 15) is 4.79 Å². The van der Waals surface area contributed by atoms with E-state index in [0.717, 1.165) is 0 Å². The Balaban J connectivity index is 2.85. The van der Waals surface area contributed by atoms with Crippen molar-refractivity contribution in [3.05, 3.63) is 30.1 Å². The fourth-order valence-electron chi connectivity index (χ4n) is 1.33. The van der Waals surface area contributed by atoms with Crippen LogP contribution in [0.2, 0.25) is 0 Å². The summed E-state index contributed by atoms with van der Waals surface area (Å²) in [6, 6.07) is 6.53. The number of hydrogen-bond acceptors (Lipinski definition) is 4. The summed E-state index contributed by atoms with van der Waals surface area (Å²) in [5.41, 5.74) is -0.0662. The van der Waals surface area contributed by atoms with Gasteiger partial charge in [0.15, 0.2) is 6.04 Å². The Labute approximate surface area is 107 Å². The molecule has 0 aliphatic carbocycles. The molecule has 0 saturated carbocycles. The normalized spacial score (nSPS) is 12.4. The molecule has 5 nitrogen and oxygen atoms in total. The first-order valence-electron chi connectivity index (χ1n) is 5.61. The van der Waals surface area contributed by atoms with Crippen LogP contribution in [0.3, 0.4) is 0 Å². The van der Waals surface area contributed by atoms with E-state index in [0.29, 0.717) is 5.69 Å². The van der Waals surface area contributed by atoms with Crippen LogP contribution in [0, 0.1) is 11.3 Å². The number of hydrogen-bond donors (Lipinski definition) is 0. The molecule has 1 amide bonds. The van der Waals surface area contributed by atoms with Crippen LogP contribution in [0.5, 0.6) is 0 Å². The zero-order valence-corrected chi connectivity index (χ0v) is 11.0. The van der Waals surface area contributed by atoms with Crippen LogP contribution in [0.25, 0.3) is 0 Å². The summed E-state index contributed by atoms with van der Waals surface area (Å²) in [6.07, 6.45) is 1.04. The minimum atomic E-state index is -0.749. The molecule has 96 valence electrons. The molecular formula is C13H17N3O2. The monoisotopic (exact) mass is 247 g/mol. The van der Waals surface area contributed by atoms with E-state index in [1.807, 2.05) is 6.07 Å². The maximum Gasteiger partial charge on any atom is 0.411 e. The molecule has 0 bridgehead atoms. The Morgan fingerprint density at radius 3 is 2.61 bits per heavy atom. The second kappa shape index (κ2) is 5.50. The lowest BCUT2D eigenvalue weighted by Gasteiger charge is -2.27. The van der Waals surface area contributed by atoms with E-state index in [4.69, 9.17) is 10.00 Å². The van der Waals surface area contributed by atoms with Crippen LogP contribution in [0.4, 0.5) is 4.79 Å². The standard InChI is InChI=1S/C13H17N3O2/c1-13(2,3)18-12(17)16(4)11(9-14)10-7-5-6-8-15-10/h5-8,11H,1-4H3. The fraction of sp³-hybridized carbons (Fsp3) is 0.462. The van der Waals surface area contributed by atoms with Gasteiger partial charge in [-0.1, -0.05) is 6.07 Å². The van der Waals surface area contributed by atoms with E-state index in [-0.39, 0.29) is 0 Å². The number of ether oxygens (including phenoxy) is 1. The van der Waals surface area contributed by atoms with Crippen LogP contribution in [0.1, 0.15) is 32.5 Å². The van der Waals surface area contributed by atoms with Crippen molar-refractivity contribution < 1.29 is 9.53 Å². The van der Waals surface area contributed by atoms with Crippen LogP contribution >= 0.6 is 0 Å². The molecule has 0 saturated heterocycles. The molecule has 0 spiro atoms. The Morgan fingerprint density at radius 1 is 1.50 bits per heavy atom. The molecule has 0 aromatic carbocycles. The van der Waals surface area contributed by atoms with Gasteiger partial charge in [0.25, 0.3) is 0 Å². The molecule has 0 aliphatic heterocycles. The summed E-state index contributed by atoms with van der Waals surface area (Å²) in [5.74, 6) is 0. The van der Waals surface area contributed by atoms with Gasteiger partial charge >= 0.3 is 6.09 Å². The average Bonchev–Trinajstić information content (AvgIpc) is 2.29. The first kappa shape index (κ1) is 14.0. The Kier molecular flexibility index (Phi) is 4.27. The molecule has 1 rings (SSSR count). The molecule has 1 aromatic heterocycles. The molecule has 0 radical (unpaired) electrons. The van der Waals surface area contributed by atoms with Gasteiger partial charge in [-0.25, -0.2) is 4.79 Å². The highest BCUT2D eigenvalue weighted by atomic mass is 16.6. The fourth-order valence-corrected chi connectivity index (χ4v) is 1.33. The quantitative estimate of drug-likeness (QED) is 0.805. The maximum absolute atomic E-state index is 11.9. The Morgan fingerprint density at radius 2 is 2.17 bits per heavy atom. The molecule has 0 aliphatic rings. The summed E-state index contributed by atoms with van der Waals surface area (Å²) in [4.78, 5) is 17.2. The molecular weight excluding hydrogens is 230 g/mol. The number of carbonyl (C=O) groups excluding carboxylic acids is 1. The van der Waals surface area contributed by atoms with Crippen LogP contribution in [-0.2, 0) is 4.74 Å². The third-order valence-electron chi connectivity index (χ3n) is 2.16. The van der Waals surface area contributed by atoms with Crippen molar-refractivity contribution in [1.29, 1.82) is 5.26 Å². The van der Waals surface area contributed by atoms with Crippen molar-refractivity contribution >= 4 is 6.09 Å². The number of carbonyl (C=O) groups is 1. The average molecular weight is 247 g/mol. The smallest absolute Gasteiger partial charge is 0.411 e. The van der Waals surface area contributed by atoms with E-state index in [1.165, 1.54) is 11.9 Å². The lowest BCUT2D eigenvalue weighted by molar-refractivity contribution is 0.0256. The second-order valence-corrected chi connectivity index (χ2v) is 4.88. The predicted molar refractivity (Wildman–Crippen MR) is 66.6 cm³/mol. The number of pyridine rings is 1. The number of nitriles is 1. The van der Waals surface area contributed by atoms with Crippen molar-refractivity contribution in [2.75, 3.05) is 7.05 Å². The molecule has 18 heavy (non-hydrogen) atoms. The number of nitrogens with zero attached hydrogens (tertiary/aromatic N) is 3. The van der Waals surface area contributed by atoms with Gasteiger partial charge in [-0.3, -0.25) is 9.88 Å². The van der Waals surface area contributed by atoms with Gasteiger partial charge in [-0.05, 0) is 32.9 Å². The van der Waals surface area contributed by atoms with Crippen LogP contribution < -0.4 is 0 Å². The Bertz CT molecular complexity index is 446. The highest BCUT2D eigenvalue weighted by Crippen LogP contribution is 2.19. The van der Waals surface area contributed by atoms with Crippen LogP contribution in [-0.4, -0.2) is 28.6 Å². The molecule has 0 fully saturated rings. The molecule has 1 aromatic rings. The topological polar surface area (TPSA) is 66.2 Å². The minimum absolute atomic E-state index is 0.522. The van der Waals surface area contributed by atoms with Crippen LogP contribution in [0.15, 0.2) is 24.4 Å². The zero-order valence-electron chi connectivity index (χ0n) is 11.0. The Hall–Kier alpha value is -2.09. The van der Waals surface area contributed by atoms with Crippen molar-refractivity contribution in [3.63, 3.8) is 0 Å². The summed E-state index contributed by atoms with van der Waals surface area (Å²) in [7, 11) is 1.52. The van der Waals surface area contributed by atoms with E-state index < -0.39 is 17.7 Å². The number of amides is 1. The summed E-state index contributed by atoms with van der Waals surface area (Å²) in [5, 5.41) is 9.16. The third-order valence-corrected chi connectivity index (χ3v) is 2.16. The van der Waals surface area contributed by atoms with E-state index in [1.54, 1.807) is 45.2 Å². The zero-order chi connectivity index (χ0) is 13.8. The molecule has 1 heterocycles. The third kappa shape index (κ3) is 3.74. The first-order chi connectivity index (χ1) is 8.35. The van der Waals surface area contributed by atoms with Gasteiger partial charge in [-0.15, -0.1) is 0 Å². The second-order valence-electron chi connectivity index (χ2n) is 4.88. The van der Waals surface area contributed by atoms with Gasteiger partial charge in [0.05, 0.1) is 11.8 Å². The van der Waals surface area contributed by atoms with Gasteiger partial charge in [-0.2, -0.15) is 5.26 Å². The van der Waals surface area contributed by atoms with Crippen molar-refractivity contribution in [1.82, 2.24) is 9.88 Å². The number of rotatable bonds is 2. The minimum Gasteiger partial charge on any atom is -0.444 e. The van der Waals surface area contributed by atoms with Gasteiger partial charge < -0.3 is 4.74 Å². The van der Waals surface area contributed by atoms with Crippen molar-refractivity contribution in [3.8, 4) is 6.07 Å². The summed E-state index contributed by atoms with van der Waals surface area (Å²) in [6.45, 7) is 5.34. The molecule has 1 atom stereocenters. The lowest BCUT2D eigenvalue weighted by Crippen LogP contribution is -2.36. The van der Waals surface area contributed by atoms with Gasteiger partial charge in [0, 0.05) is 13.2 Å². The van der Waals surface area contributed by atoms with E-state index in [2.05, 4.69) is 4.98 Å².